The van der Waals surface area contributed by atoms with Crippen LogP contribution in [0.2, 0.25) is 5.15 Å². The minimum Gasteiger partial charge on any atom is -0.394 e. The number of carbonyl (C=O) groups excluding carboxylic acids is 1. The SMILES string of the molecule is CCn1nc(C)c(C(=O)N2CC(CO)OCC2C)c1Cl. The Balaban J connectivity index is 2.28. The number of aromatic nitrogens is 2. The Bertz CT molecular complexity index is 503. The van der Waals surface area contributed by atoms with Crippen LogP contribution < -0.4 is 0 Å². The van der Waals surface area contributed by atoms with Crippen LogP contribution in [-0.4, -0.2) is 57.6 Å². The maximum Gasteiger partial charge on any atom is 0.259 e. The Morgan fingerprint density at radius 2 is 2.30 bits per heavy atom. The number of amides is 1. The van der Waals surface area contributed by atoms with Crippen LogP contribution in [0.1, 0.15) is 29.9 Å². The third-order valence-electron chi connectivity index (χ3n) is 3.55. The zero-order valence-corrected chi connectivity index (χ0v) is 12.7. The van der Waals surface area contributed by atoms with Gasteiger partial charge in [-0.15, -0.1) is 0 Å². The molecule has 1 aliphatic heterocycles. The second kappa shape index (κ2) is 6.11. The van der Waals surface area contributed by atoms with Crippen molar-refractivity contribution in [3.8, 4) is 0 Å². The molecule has 1 amide bonds. The topological polar surface area (TPSA) is 67.6 Å². The maximum absolute atomic E-state index is 12.7. The molecule has 0 spiro atoms. The average molecular weight is 302 g/mol. The Morgan fingerprint density at radius 1 is 1.60 bits per heavy atom. The molecular weight excluding hydrogens is 282 g/mol. The van der Waals surface area contributed by atoms with E-state index in [0.717, 1.165) is 0 Å². The van der Waals surface area contributed by atoms with Crippen LogP contribution in [0.25, 0.3) is 0 Å². The van der Waals surface area contributed by atoms with Crippen molar-refractivity contribution in [3.63, 3.8) is 0 Å². The zero-order valence-electron chi connectivity index (χ0n) is 12.0. The number of rotatable bonds is 3. The van der Waals surface area contributed by atoms with Gasteiger partial charge in [-0.05, 0) is 20.8 Å². The summed E-state index contributed by atoms with van der Waals surface area (Å²) in [6.07, 6.45) is -0.338. The highest BCUT2D eigenvalue weighted by molar-refractivity contribution is 6.33. The van der Waals surface area contributed by atoms with Crippen molar-refractivity contribution in [2.45, 2.75) is 39.5 Å². The van der Waals surface area contributed by atoms with E-state index in [1.807, 2.05) is 13.8 Å². The molecule has 2 heterocycles. The van der Waals surface area contributed by atoms with Gasteiger partial charge < -0.3 is 14.7 Å². The lowest BCUT2D eigenvalue weighted by Gasteiger charge is -2.37. The summed E-state index contributed by atoms with van der Waals surface area (Å²) in [6, 6.07) is -0.0502. The number of aryl methyl sites for hydroxylation is 2. The molecular formula is C13H20ClN3O3. The van der Waals surface area contributed by atoms with Gasteiger partial charge in [0.05, 0.1) is 36.6 Å². The van der Waals surface area contributed by atoms with E-state index in [0.29, 0.717) is 36.1 Å². The molecule has 2 unspecified atom stereocenters. The van der Waals surface area contributed by atoms with Crippen LogP contribution in [0.4, 0.5) is 0 Å². The first-order valence-corrected chi connectivity index (χ1v) is 7.13. The van der Waals surface area contributed by atoms with Crippen molar-refractivity contribution < 1.29 is 14.6 Å². The molecule has 0 aromatic carbocycles. The van der Waals surface area contributed by atoms with Crippen LogP contribution in [0.5, 0.6) is 0 Å². The van der Waals surface area contributed by atoms with Crippen molar-refractivity contribution in [2.24, 2.45) is 0 Å². The Kier molecular flexibility index (Phi) is 4.67. The number of hydrogen-bond donors (Lipinski definition) is 1. The standard InChI is InChI=1S/C13H20ClN3O3/c1-4-17-12(14)11(9(3)15-17)13(19)16-5-10(6-18)20-7-8(16)2/h8,10,18H,4-7H2,1-3H3. The molecule has 2 atom stereocenters. The van der Waals surface area contributed by atoms with Gasteiger partial charge in [0.2, 0.25) is 0 Å². The highest BCUT2D eigenvalue weighted by Crippen LogP contribution is 2.24. The van der Waals surface area contributed by atoms with Gasteiger partial charge in [-0.2, -0.15) is 5.10 Å². The third-order valence-corrected chi connectivity index (χ3v) is 3.93. The number of halogens is 1. The average Bonchev–Trinajstić information content (AvgIpc) is 2.73. The number of aliphatic hydroxyl groups is 1. The van der Waals surface area contributed by atoms with Crippen molar-refractivity contribution in [2.75, 3.05) is 19.8 Å². The molecule has 1 aromatic heterocycles. The summed E-state index contributed by atoms with van der Waals surface area (Å²) in [5.41, 5.74) is 1.07. The van der Waals surface area contributed by atoms with Crippen LogP contribution >= 0.6 is 11.6 Å². The van der Waals surface area contributed by atoms with Gasteiger partial charge in [0.1, 0.15) is 5.15 Å². The molecule has 1 aromatic rings. The Labute approximate surface area is 123 Å². The molecule has 0 aliphatic carbocycles. The lowest BCUT2D eigenvalue weighted by atomic mass is 10.1. The first kappa shape index (κ1) is 15.3. The van der Waals surface area contributed by atoms with Crippen LogP contribution in [0.3, 0.4) is 0 Å². The van der Waals surface area contributed by atoms with E-state index in [4.69, 9.17) is 16.3 Å². The highest BCUT2D eigenvalue weighted by atomic mass is 35.5. The van der Waals surface area contributed by atoms with Crippen LogP contribution in [0.15, 0.2) is 0 Å². The van der Waals surface area contributed by atoms with Gasteiger partial charge in [0.15, 0.2) is 0 Å². The van der Waals surface area contributed by atoms with Crippen molar-refractivity contribution in [1.29, 1.82) is 0 Å². The van der Waals surface area contributed by atoms with Gasteiger partial charge in [0.25, 0.3) is 5.91 Å². The monoisotopic (exact) mass is 301 g/mol. The van der Waals surface area contributed by atoms with E-state index in [1.165, 1.54) is 0 Å². The summed E-state index contributed by atoms with van der Waals surface area (Å²) in [5.74, 6) is -0.151. The van der Waals surface area contributed by atoms with E-state index < -0.39 is 0 Å². The van der Waals surface area contributed by atoms with E-state index >= 15 is 0 Å². The summed E-state index contributed by atoms with van der Waals surface area (Å²) >= 11 is 6.23. The summed E-state index contributed by atoms with van der Waals surface area (Å²) in [5, 5.41) is 13.8. The number of carbonyl (C=O) groups is 1. The number of nitrogens with zero attached hydrogens (tertiary/aromatic N) is 3. The fraction of sp³-hybridized carbons (Fsp3) is 0.692. The fourth-order valence-corrected chi connectivity index (χ4v) is 2.74. The number of morpholine rings is 1. The number of hydrogen-bond acceptors (Lipinski definition) is 4. The second-order valence-corrected chi connectivity index (χ2v) is 5.37. The summed E-state index contributed by atoms with van der Waals surface area (Å²) in [7, 11) is 0. The van der Waals surface area contributed by atoms with E-state index in [9.17, 15) is 9.90 Å². The van der Waals surface area contributed by atoms with Gasteiger partial charge in [-0.1, -0.05) is 11.6 Å². The third kappa shape index (κ3) is 2.68. The number of aliphatic hydroxyl groups excluding tert-OH is 1. The lowest BCUT2D eigenvalue weighted by molar-refractivity contribution is -0.0667. The normalized spacial score (nSPS) is 23.1. The molecule has 1 aliphatic rings. The molecule has 0 radical (unpaired) electrons. The number of ether oxygens (including phenoxy) is 1. The minimum absolute atomic E-state index is 0.0502. The first-order chi connectivity index (χ1) is 9.49. The highest BCUT2D eigenvalue weighted by Gasteiger charge is 2.33. The lowest BCUT2D eigenvalue weighted by Crippen LogP contribution is -2.52. The molecule has 1 N–H and O–H groups in total. The van der Waals surface area contributed by atoms with E-state index in [2.05, 4.69) is 5.10 Å². The summed E-state index contributed by atoms with van der Waals surface area (Å²) in [4.78, 5) is 14.4. The van der Waals surface area contributed by atoms with Gasteiger partial charge in [0, 0.05) is 13.1 Å². The molecule has 112 valence electrons. The molecule has 1 saturated heterocycles. The largest absolute Gasteiger partial charge is 0.394 e. The van der Waals surface area contributed by atoms with Crippen molar-refractivity contribution >= 4 is 17.5 Å². The predicted molar refractivity (Wildman–Crippen MR) is 75.0 cm³/mol. The molecule has 20 heavy (non-hydrogen) atoms. The van der Waals surface area contributed by atoms with Gasteiger partial charge in [-0.3, -0.25) is 9.48 Å². The molecule has 6 nitrogen and oxygen atoms in total. The molecule has 2 rings (SSSR count). The second-order valence-electron chi connectivity index (χ2n) is 5.01. The van der Waals surface area contributed by atoms with E-state index in [1.54, 1.807) is 16.5 Å². The van der Waals surface area contributed by atoms with Crippen molar-refractivity contribution in [1.82, 2.24) is 14.7 Å². The van der Waals surface area contributed by atoms with E-state index in [-0.39, 0.29) is 24.7 Å². The minimum atomic E-state index is -0.338. The molecule has 0 saturated carbocycles. The maximum atomic E-state index is 12.7. The quantitative estimate of drug-likeness (QED) is 0.907. The fourth-order valence-electron chi connectivity index (χ4n) is 2.36. The smallest absolute Gasteiger partial charge is 0.259 e. The predicted octanol–water partition coefficient (Wildman–Crippen LogP) is 1.09. The molecule has 1 fully saturated rings. The molecule has 7 heteroatoms. The first-order valence-electron chi connectivity index (χ1n) is 6.75. The van der Waals surface area contributed by atoms with Crippen molar-refractivity contribution in [3.05, 3.63) is 16.4 Å². The summed E-state index contributed by atoms with van der Waals surface area (Å²) in [6.45, 7) is 6.91. The zero-order chi connectivity index (χ0) is 14.9. The Hall–Kier alpha value is -1.11. The van der Waals surface area contributed by atoms with Gasteiger partial charge >= 0.3 is 0 Å². The molecule has 0 bridgehead atoms. The van der Waals surface area contributed by atoms with Gasteiger partial charge in [-0.25, -0.2) is 0 Å². The summed E-state index contributed by atoms with van der Waals surface area (Å²) < 4.78 is 7.05. The van der Waals surface area contributed by atoms with Crippen LogP contribution in [0, 0.1) is 6.92 Å². The van der Waals surface area contributed by atoms with Crippen LogP contribution in [-0.2, 0) is 11.3 Å². The Morgan fingerprint density at radius 3 is 2.85 bits per heavy atom.